The second-order valence-electron chi connectivity index (χ2n) is 7.07. The van der Waals surface area contributed by atoms with E-state index in [0.717, 1.165) is 17.0 Å². The summed E-state index contributed by atoms with van der Waals surface area (Å²) in [7, 11) is 0. The van der Waals surface area contributed by atoms with E-state index in [-0.39, 0.29) is 11.3 Å². The molecule has 0 radical (unpaired) electrons. The van der Waals surface area contributed by atoms with Crippen LogP contribution in [0.25, 0.3) is 6.08 Å². The summed E-state index contributed by atoms with van der Waals surface area (Å²) in [5.74, 6) is -0.0846. The predicted molar refractivity (Wildman–Crippen MR) is 100 cm³/mol. The molecule has 0 bridgehead atoms. The largest absolute Gasteiger partial charge is 0.280 e. The van der Waals surface area contributed by atoms with Gasteiger partial charge >= 0.3 is 0 Å². The molecule has 3 rings (SSSR count). The first kappa shape index (κ1) is 16.2. The lowest BCUT2D eigenvalue weighted by Crippen LogP contribution is -2.21. The Balaban J connectivity index is 1.89. The second-order valence-corrected chi connectivity index (χ2v) is 7.07. The third-order valence-corrected chi connectivity index (χ3v) is 4.15. The van der Waals surface area contributed by atoms with Crippen LogP contribution in [0.1, 0.15) is 38.8 Å². The van der Waals surface area contributed by atoms with Gasteiger partial charge in [-0.2, -0.15) is 10.1 Å². The Labute approximate surface area is 143 Å². The number of hydrogen-bond acceptors (Lipinski definition) is 2. The van der Waals surface area contributed by atoms with Crippen LogP contribution in [-0.2, 0) is 10.2 Å². The summed E-state index contributed by atoms with van der Waals surface area (Å²) in [6, 6.07) is 17.8. The van der Waals surface area contributed by atoms with Gasteiger partial charge in [0.1, 0.15) is 0 Å². The summed E-state index contributed by atoms with van der Waals surface area (Å²) < 4.78 is 0. The van der Waals surface area contributed by atoms with E-state index >= 15 is 0 Å². The summed E-state index contributed by atoms with van der Waals surface area (Å²) in [6.07, 6.45) is 1.91. The molecule has 1 aliphatic rings. The van der Waals surface area contributed by atoms with Crippen molar-refractivity contribution in [1.82, 2.24) is 0 Å². The van der Waals surface area contributed by atoms with E-state index in [9.17, 15) is 4.79 Å². The molecule has 122 valence electrons. The van der Waals surface area contributed by atoms with Crippen LogP contribution in [0.2, 0.25) is 0 Å². The minimum atomic E-state index is -0.0846. The quantitative estimate of drug-likeness (QED) is 0.733. The Morgan fingerprint density at radius 3 is 2.17 bits per heavy atom. The molecule has 1 heterocycles. The lowest BCUT2D eigenvalue weighted by Gasteiger charge is -2.18. The van der Waals surface area contributed by atoms with Gasteiger partial charge in [-0.15, -0.1) is 0 Å². The maximum absolute atomic E-state index is 12.7. The Bertz CT molecular complexity index is 809. The highest BCUT2D eigenvalue weighted by atomic mass is 16.2. The monoisotopic (exact) mass is 318 g/mol. The fourth-order valence-electron chi connectivity index (χ4n) is 2.67. The highest BCUT2D eigenvalue weighted by molar-refractivity contribution is 6.32. The number of amides is 1. The Morgan fingerprint density at radius 2 is 1.58 bits per heavy atom. The van der Waals surface area contributed by atoms with Crippen molar-refractivity contribution in [2.45, 2.75) is 33.1 Å². The molecule has 2 aromatic rings. The van der Waals surface area contributed by atoms with Gasteiger partial charge in [-0.1, -0.05) is 63.2 Å². The summed E-state index contributed by atoms with van der Waals surface area (Å²) in [5, 5.41) is 5.87. The number of benzene rings is 2. The number of anilines is 1. The lowest BCUT2D eigenvalue weighted by atomic mass is 9.86. The van der Waals surface area contributed by atoms with Crippen molar-refractivity contribution in [2.75, 3.05) is 5.01 Å². The average Bonchev–Trinajstić information content (AvgIpc) is 2.83. The van der Waals surface area contributed by atoms with Crippen molar-refractivity contribution in [3.63, 3.8) is 0 Å². The van der Waals surface area contributed by atoms with Crippen LogP contribution >= 0.6 is 0 Å². The fourth-order valence-corrected chi connectivity index (χ4v) is 2.67. The van der Waals surface area contributed by atoms with Crippen LogP contribution in [0.15, 0.2) is 65.3 Å². The standard InChI is InChI=1S/C21H22N2O/c1-15-19(14-16-10-12-17(13-11-16)21(2,3)4)20(24)23(22-15)18-8-6-5-7-9-18/h5-14H,1-4H3/b19-14-. The molecular weight excluding hydrogens is 296 g/mol. The number of carbonyl (C=O) groups excluding carboxylic acids is 1. The molecule has 0 saturated carbocycles. The van der Waals surface area contributed by atoms with Crippen LogP contribution in [0.4, 0.5) is 5.69 Å². The van der Waals surface area contributed by atoms with Gasteiger partial charge in [0.25, 0.3) is 5.91 Å². The maximum atomic E-state index is 12.7. The predicted octanol–water partition coefficient (Wildman–Crippen LogP) is 4.79. The molecule has 3 heteroatoms. The maximum Gasteiger partial charge on any atom is 0.280 e. The molecule has 0 N–H and O–H groups in total. The zero-order valence-corrected chi connectivity index (χ0v) is 14.6. The molecule has 0 spiro atoms. The molecule has 0 unspecified atom stereocenters. The Morgan fingerprint density at radius 1 is 0.958 bits per heavy atom. The van der Waals surface area contributed by atoms with Crippen molar-refractivity contribution in [2.24, 2.45) is 5.10 Å². The first-order chi connectivity index (χ1) is 11.4. The fraction of sp³-hybridized carbons (Fsp3) is 0.238. The van der Waals surface area contributed by atoms with E-state index in [2.05, 4.69) is 50.1 Å². The molecule has 0 fully saturated rings. The van der Waals surface area contributed by atoms with Crippen LogP contribution < -0.4 is 5.01 Å². The van der Waals surface area contributed by atoms with Gasteiger partial charge in [0.05, 0.1) is 17.0 Å². The van der Waals surface area contributed by atoms with Gasteiger partial charge in [-0.25, -0.2) is 0 Å². The SMILES string of the molecule is CC1=NN(c2ccccc2)C(=O)/C1=C\c1ccc(C(C)(C)C)cc1. The van der Waals surface area contributed by atoms with Crippen LogP contribution in [-0.4, -0.2) is 11.6 Å². The molecule has 24 heavy (non-hydrogen) atoms. The summed E-state index contributed by atoms with van der Waals surface area (Å²) in [6.45, 7) is 8.44. The molecule has 0 atom stereocenters. The van der Waals surface area contributed by atoms with Crippen molar-refractivity contribution < 1.29 is 4.79 Å². The van der Waals surface area contributed by atoms with E-state index in [1.807, 2.05) is 43.3 Å². The van der Waals surface area contributed by atoms with Gasteiger partial charge in [-0.05, 0) is 41.7 Å². The van der Waals surface area contributed by atoms with Crippen LogP contribution in [0.5, 0.6) is 0 Å². The summed E-state index contributed by atoms with van der Waals surface area (Å²) >= 11 is 0. The zero-order valence-electron chi connectivity index (χ0n) is 14.6. The van der Waals surface area contributed by atoms with E-state index in [1.165, 1.54) is 10.6 Å². The minimum Gasteiger partial charge on any atom is -0.267 e. The third-order valence-electron chi connectivity index (χ3n) is 4.15. The molecule has 0 aliphatic carbocycles. The van der Waals surface area contributed by atoms with Gasteiger partial charge in [0.2, 0.25) is 0 Å². The van der Waals surface area contributed by atoms with Gasteiger partial charge < -0.3 is 0 Å². The number of carbonyl (C=O) groups is 1. The van der Waals surface area contributed by atoms with E-state index in [4.69, 9.17) is 0 Å². The first-order valence-electron chi connectivity index (χ1n) is 8.13. The molecular formula is C21H22N2O. The second kappa shape index (κ2) is 6.08. The third kappa shape index (κ3) is 3.16. The van der Waals surface area contributed by atoms with Crippen molar-refractivity contribution in [1.29, 1.82) is 0 Å². The number of nitrogens with zero attached hydrogens (tertiary/aromatic N) is 2. The van der Waals surface area contributed by atoms with Crippen molar-refractivity contribution in [3.8, 4) is 0 Å². The van der Waals surface area contributed by atoms with Crippen molar-refractivity contribution in [3.05, 3.63) is 71.3 Å². The molecule has 1 aliphatic heterocycles. The first-order valence-corrected chi connectivity index (χ1v) is 8.13. The number of hydrazone groups is 1. The lowest BCUT2D eigenvalue weighted by molar-refractivity contribution is -0.114. The smallest absolute Gasteiger partial charge is 0.267 e. The highest BCUT2D eigenvalue weighted by Crippen LogP contribution is 2.26. The normalized spacial score (nSPS) is 16.7. The van der Waals surface area contributed by atoms with Gasteiger partial charge in [-0.3, -0.25) is 4.79 Å². The zero-order chi connectivity index (χ0) is 17.3. The number of para-hydroxylation sites is 1. The Kier molecular flexibility index (Phi) is 4.10. The molecule has 2 aromatic carbocycles. The number of rotatable bonds is 2. The number of hydrogen-bond donors (Lipinski definition) is 0. The topological polar surface area (TPSA) is 32.7 Å². The van der Waals surface area contributed by atoms with E-state index < -0.39 is 0 Å². The van der Waals surface area contributed by atoms with Crippen LogP contribution in [0, 0.1) is 0 Å². The van der Waals surface area contributed by atoms with Gasteiger partial charge in [0, 0.05) is 0 Å². The summed E-state index contributed by atoms with van der Waals surface area (Å²) in [5.41, 5.74) is 4.57. The average molecular weight is 318 g/mol. The summed E-state index contributed by atoms with van der Waals surface area (Å²) in [4.78, 5) is 12.7. The minimum absolute atomic E-state index is 0.0846. The van der Waals surface area contributed by atoms with Gasteiger partial charge in [0.15, 0.2) is 0 Å². The van der Waals surface area contributed by atoms with E-state index in [0.29, 0.717) is 5.57 Å². The molecule has 0 saturated heterocycles. The molecule has 1 amide bonds. The molecule has 3 nitrogen and oxygen atoms in total. The Hall–Kier alpha value is -2.68. The van der Waals surface area contributed by atoms with Crippen molar-refractivity contribution >= 4 is 23.4 Å². The van der Waals surface area contributed by atoms with E-state index in [1.54, 1.807) is 0 Å². The van der Waals surface area contributed by atoms with Crippen LogP contribution in [0.3, 0.4) is 0 Å². The highest BCUT2D eigenvalue weighted by Gasteiger charge is 2.28. The molecule has 0 aromatic heterocycles.